The summed E-state index contributed by atoms with van der Waals surface area (Å²) in [6.45, 7) is 11.1. The van der Waals surface area contributed by atoms with Crippen LogP contribution in [0.2, 0.25) is 0 Å². The Labute approximate surface area is 173 Å². The summed E-state index contributed by atoms with van der Waals surface area (Å²) in [5.74, 6) is 2.95. The number of benzene rings is 1. The zero-order valence-corrected chi connectivity index (χ0v) is 17.4. The smallest absolute Gasteiger partial charge is 0.134 e. The zero-order chi connectivity index (χ0) is 20.2. The van der Waals surface area contributed by atoms with Gasteiger partial charge in [0, 0.05) is 65.0 Å². The number of likely N-dealkylation sites (N-methyl/N-ethyl adjacent to an activating group) is 1. The molecule has 4 rings (SSSR count). The Morgan fingerprint density at radius 2 is 1.41 bits per heavy atom. The Morgan fingerprint density at radius 1 is 0.862 bits per heavy atom. The van der Waals surface area contributed by atoms with E-state index in [1.54, 1.807) is 0 Å². The minimum absolute atomic E-state index is 0.717. The van der Waals surface area contributed by atoms with Crippen LogP contribution in [0, 0.1) is 18.3 Å². The second-order valence-electron chi connectivity index (χ2n) is 7.99. The Morgan fingerprint density at radius 3 is 1.97 bits per heavy atom. The van der Waals surface area contributed by atoms with E-state index in [0.29, 0.717) is 5.56 Å². The molecule has 1 aromatic carbocycles. The lowest BCUT2D eigenvalue weighted by Crippen LogP contribution is -2.47. The fraction of sp³-hybridized carbons (Fsp3) is 0.500. The Balaban J connectivity index is 1.37. The number of hydrogen-bond donors (Lipinski definition) is 0. The molecule has 0 saturated carbocycles. The highest BCUT2D eigenvalue weighted by Gasteiger charge is 2.21. The second kappa shape index (κ2) is 8.76. The van der Waals surface area contributed by atoms with Gasteiger partial charge in [0.2, 0.25) is 0 Å². The molecule has 2 fully saturated rings. The van der Waals surface area contributed by atoms with Crippen molar-refractivity contribution in [1.82, 2.24) is 19.8 Å². The molecule has 0 amide bonds. The Bertz CT molecular complexity index is 858. The molecule has 2 saturated heterocycles. The predicted octanol–water partition coefficient (Wildman–Crippen LogP) is 1.73. The van der Waals surface area contributed by atoms with Crippen molar-refractivity contribution in [2.24, 2.45) is 0 Å². The molecule has 0 unspecified atom stereocenters. The first-order chi connectivity index (χ1) is 14.1. The van der Waals surface area contributed by atoms with Crippen LogP contribution >= 0.6 is 0 Å². The van der Waals surface area contributed by atoms with Crippen LogP contribution in [0.25, 0.3) is 0 Å². The minimum atomic E-state index is 0.717. The van der Waals surface area contributed by atoms with Crippen molar-refractivity contribution >= 4 is 11.6 Å². The van der Waals surface area contributed by atoms with E-state index in [9.17, 15) is 0 Å². The summed E-state index contributed by atoms with van der Waals surface area (Å²) >= 11 is 0. The van der Waals surface area contributed by atoms with Gasteiger partial charge in [-0.3, -0.25) is 4.90 Å². The van der Waals surface area contributed by atoms with E-state index >= 15 is 0 Å². The first-order valence-corrected chi connectivity index (χ1v) is 10.4. The van der Waals surface area contributed by atoms with Crippen LogP contribution in [0.15, 0.2) is 30.3 Å². The summed E-state index contributed by atoms with van der Waals surface area (Å²) in [7, 11) is 2.17. The number of aromatic nitrogens is 2. The van der Waals surface area contributed by atoms with Gasteiger partial charge in [0.05, 0.1) is 11.6 Å². The van der Waals surface area contributed by atoms with Gasteiger partial charge in [0.1, 0.15) is 17.5 Å². The molecule has 3 heterocycles. The maximum atomic E-state index is 8.94. The summed E-state index contributed by atoms with van der Waals surface area (Å²) in [6.07, 6.45) is 0. The van der Waals surface area contributed by atoms with Crippen LogP contribution in [-0.4, -0.2) is 79.2 Å². The first kappa shape index (κ1) is 19.6. The molecule has 0 N–H and O–H groups in total. The molecule has 0 spiro atoms. The molecule has 1 aromatic heterocycles. The average Bonchev–Trinajstić information content (AvgIpc) is 2.75. The fourth-order valence-electron chi connectivity index (χ4n) is 3.97. The van der Waals surface area contributed by atoms with Crippen LogP contribution < -0.4 is 9.80 Å². The number of anilines is 2. The summed E-state index contributed by atoms with van der Waals surface area (Å²) in [5, 5.41) is 8.94. The standard InChI is InChI=1S/C22H29N7/c1-18-24-21(28-11-7-26(2)8-12-28)15-22(25-18)29-13-9-27(10-14-29)17-20-5-3-19(16-23)4-6-20/h3-6,15H,7-14,17H2,1-2H3. The summed E-state index contributed by atoms with van der Waals surface area (Å²) in [5.41, 5.74) is 1.97. The van der Waals surface area contributed by atoms with E-state index in [1.165, 1.54) is 5.56 Å². The van der Waals surface area contributed by atoms with E-state index in [1.807, 2.05) is 19.1 Å². The second-order valence-corrected chi connectivity index (χ2v) is 7.99. The van der Waals surface area contributed by atoms with Gasteiger partial charge in [-0.2, -0.15) is 5.26 Å². The van der Waals surface area contributed by atoms with Crippen molar-refractivity contribution in [2.75, 3.05) is 69.2 Å². The van der Waals surface area contributed by atoms with Crippen LogP contribution in [0.5, 0.6) is 0 Å². The molecule has 0 aliphatic carbocycles. The molecular formula is C22H29N7. The molecule has 0 radical (unpaired) electrons. The quantitative estimate of drug-likeness (QED) is 0.786. The van der Waals surface area contributed by atoms with Gasteiger partial charge in [-0.25, -0.2) is 9.97 Å². The lowest BCUT2D eigenvalue weighted by Gasteiger charge is -2.37. The summed E-state index contributed by atoms with van der Waals surface area (Å²) < 4.78 is 0. The van der Waals surface area contributed by atoms with Gasteiger partial charge in [-0.15, -0.1) is 0 Å². The normalized spacial score (nSPS) is 18.7. The van der Waals surface area contributed by atoms with Gasteiger partial charge in [0.25, 0.3) is 0 Å². The molecule has 7 nitrogen and oxygen atoms in total. The molecule has 2 aromatic rings. The molecule has 2 aliphatic rings. The van der Waals surface area contributed by atoms with E-state index in [2.05, 4.69) is 50.9 Å². The number of nitrogens with zero attached hydrogens (tertiary/aromatic N) is 7. The highest BCUT2D eigenvalue weighted by atomic mass is 15.3. The van der Waals surface area contributed by atoms with Gasteiger partial charge in [-0.05, 0) is 31.7 Å². The van der Waals surface area contributed by atoms with Crippen molar-refractivity contribution in [1.29, 1.82) is 5.26 Å². The average molecular weight is 392 g/mol. The van der Waals surface area contributed by atoms with Crippen LogP contribution in [-0.2, 0) is 6.54 Å². The van der Waals surface area contributed by atoms with Gasteiger partial charge < -0.3 is 14.7 Å². The Hall–Kier alpha value is -2.69. The Kier molecular flexibility index (Phi) is 5.93. The van der Waals surface area contributed by atoms with Gasteiger partial charge in [0.15, 0.2) is 0 Å². The maximum Gasteiger partial charge on any atom is 0.134 e. The van der Waals surface area contributed by atoms with Crippen molar-refractivity contribution in [3.8, 4) is 6.07 Å². The van der Waals surface area contributed by atoms with E-state index in [4.69, 9.17) is 15.2 Å². The minimum Gasteiger partial charge on any atom is -0.354 e. The van der Waals surface area contributed by atoms with E-state index < -0.39 is 0 Å². The third kappa shape index (κ3) is 4.84. The topological polar surface area (TPSA) is 62.5 Å². The van der Waals surface area contributed by atoms with Crippen molar-refractivity contribution < 1.29 is 0 Å². The van der Waals surface area contributed by atoms with Crippen LogP contribution in [0.3, 0.4) is 0 Å². The highest BCUT2D eigenvalue weighted by molar-refractivity contribution is 5.51. The fourth-order valence-corrected chi connectivity index (χ4v) is 3.97. The molecule has 0 bridgehead atoms. The molecule has 152 valence electrons. The largest absolute Gasteiger partial charge is 0.354 e. The number of piperazine rings is 2. The van der Waals surface area contributed by atoms with E-state index in [0.717, 1.165) is 76.4 Å². The van der Waals surface area contributed by atoms with E-state index in [-0.39, 0.29) is 0 Å². The van der Waals surface area contributed by atoms with Crippen LogP contribution in [0.4, 0.5) is 11.6 Å². The molecule has 2 aliphatic heterocycles. The number of aryl methyl sites for hydroxylation is 1. The first-order valence-electron chi connectivity index (χ1n) is 10.4. The molecule has 29 heavy (non-hydrogen) atoms. The predicted molar refractivity (Wildman–Crippen MR) is 115 cm³/mol. The lowest BCUT2D eigenvalue weighted by molar-refractivity contribution is 0.249. The highest BCUT2D eigenvalue weighted by Crippen LogP contribution is 2.22. The molecular weight excluding hydrogens is 362 g/mol. The van der Waals surface area contributed by atoms with Gasteiger partial charge >= 0.3 is 0 Å². The lowest BCUT2D eigenvalue weighted by atomic mass is 10.1. The SMILES string of the molecule is Cc1nc(N2CCN(C)CC2)cc(N2CCN(Cc3ccc(C#N)cc3)CC2)n1. The monoisotopic (exact) mass is 391 g/mol. The third-order valence-electron chi connectivity index (χ3n) is 5.82. The van der Waals surface area contributed by atoms with Gasteiger partial charge in [-0.1, -0.05) is 12.1 Å². The van der Waals surface area contributed by atoms with Crippen molar-refractivity contribution in [2.45, 2.75) is 13.5 Å². The summed E-state index contributed by atoms with van der Waals surface area (Å²) in [4.78, 5) is 19.0. The number of hydrogen-bond acceptors (Lipinski definition) is 7. The van der Waals surface area contributed by atoms with Crippen molar-refractivity contribution in [3.63, 3.8) is 0 Å². The zero-order valence-electron chi connectivity index (χ0n) is 17.4. The summed E-state index contributed by atoms with van der Waals surface area (Å²) in [6, 6.07) is 12.2. The molecule has 0 atom stereocenters. The maximum absolute atomic E-state index is 8.94. The third-order valence-corrected chi connectivity index (χ3v) is 5.82. The van der Waals surface area contributed by atoms with Crippen LogP contribution in [0.1, 0.15) is 17.0 Å². The molecule has 7 heteroatoms. The number of rotatable bonds is 4. The van der Waals surface area contributed by atoms with Crippen molar-refractivity contribution in [3.05, 3.63) is 47.3 Å². The number of nitriles is 1.